The molecule has 0 spiro atoms. The van der Waals surface area contributed by atoms with E-state index in [9.17, 15) is 13.5 Å². The molecule has 1 aromatic carbocycles. The number of benzene rings is 1. The molecular formula is C14H17NO3S3. The van der Waals surface area contributed by atoms with Crippen LogP contribution in [0.2, 0.25) is 0 Å². The lowest BCUT2D eigenvalue weighted by Gasteiger charge is -2.11. The van der Waals surface area contributed by atoms with E-state index in [1.807, 2.05) is 30.0 Å². The summed E-state index contributed by atoms with van der Waals surface area (Å²) < 4.78 is 28.9. The van der Waals surface area contributed by atoms with Gasteiger partial charge in [0, 0.05) is 16.6 Å². The average Bonchev–Trinajstić information content (AvgIpc) is 3.12. The van der Waals surface area contributed by atoms with Gasteiger partial charge in [-0.3, -0.25) is 0 Å². The van der Waals surface area contributed by atoms with Gasteiger partial charge in [-0.2, -0.15) is 11.8 Å². The number of sulfonamides is 1. The van der Waals surface area contributed by atoms with Gasteiger partial charge in [0.25, 0.3) is 0 Å². The number of nitrogens with one attached hydrogen (secondary N) is 1. The topological polar surface area (TPSA) is 66.4 Å². The van der Waals surface area contributed by atoms with Crippen LogP contribution in [0.15, 0.2) is 29.2 Å². The van der Waals surface area contributed by atoms with Crippen LogP contribution in [0.25, 0.3) is 10.1 Å². The summed E-state index contributed by atoms with van der Waals surface area (Å²) in [4.78, 5) is 0.751. The minimum absolute atomic E-state index is 0.247. The number of thioether (sulfide) groups is 1. The zero-order valence-electron chi connectivity index (χ0n) is 11.4. The Labute approximate surface area is 132 Å². The quantitative estimate of drug-likeness (QED) is 0.875. The number of fused-ring (bicyclic) bond motifs is 1. The molecule has 0 aliphatic carbocycles. The predicted molar refractivity (Wildman–Crippen MR) is 88.4 cm³/mol. The molecule has 1 fully saturated rings. The fraction of sp³-hybridized carbons (Fsp3) is 0.429. The lowest BCUT2D eigenvalue weighted by molar-refractivity contribution is 0.283. The van der Waals surface area contributed by atoms with Gasteiger partial charge in [0.1, 0.15) is 4.90 Å². The van der Waals surface area contributed by atoms with Crippen molar-refractivity contribution in [3.05, 3.63) is 29.1 Å². The SMILES string of the molecule is O=S(=O)(NCC1CCSC1)c1c(CO)sc2ccccc12. The van der Waals surface area contributed by atoms with Gasteiger partial charge in [-0.1, -0.05) is 18.2 Å². The van der Waals surface area contributed by atoms with Gasteiger partial charge in [0.15, 0.2) is 0 Å². The second-order valence-corrected chi connectivity index (χ2v) is 9.08. The molecule has 0 saturated carbocycles. The summed E-state index contributed by atoms with van der Waals surface area (Å²) in [7, 11) is -3.58. The molecule has 2 heterocycles. The van der Waals surface area contributed by atoms with E-state index in [4.69, 9.17) is 0 Å². The number of hydrogen-bond acceptors (Lipinski definition) is 5. The Kier molecular flexibility index (Phi) is 4.56. The number of thiophene rings is 1. The Morgan fingerprint density at radius 2 is 2.14 bits per heavy atom. The van der Waals surface area contributed by atoms with E-state index in [-0.39, 0.29) is 11.5 Å². The average molecular weight is 343 g/mol. The molecule has 21 heavy (non-hydrogen) atoms. The monoisotopic (exact) mass is 343 g/mol. The summed E-state index contributed by atoms with van der Waals surface area (Å²) in [6, 6.07) is 7.37. The molecule has 2 N–H and O–H groups in total. The Morgan fingerprint density at radius 1 is 1.33 bits per heavy atom. The lowest BCUT2D eigenvalue weighted by atomic mass is 10.1. The highest BCUT2D eigenvalue weighted by atomic mass is 32.2. The maximum absolute atomic E-state index is 12.6. The number of rotatable bonds is 5. The summed E-state index contributed by atoms with van der Waals surface area (Å²) in [5, 5.41) is 10.2. The number of hydrogen-bond donors (Lipinski definition) is 2. The summed E-state index contributed by atoms with van der Waals surface area (Å²) >= 11 is 3.20. The van der Waals surface area contributed by atoms with E-state index < -0.39 is 10.0 Å². The first-order chi connectivity index (χ1) is 10.1. The highest BCUT2D eigenvalue weighted by Crippen LogP contribution is 2.34. The summed E-state index contributed by atoms with van der Waals surface area (Å²) in [6.07, 6.45) is 1.06. The van der Waals surface area contributed by atoms with Gasteiger partial charge in [0.05, 0.1) is 11.5 Å². The van der Waals surface area contributed by atoms with E-state index in [1.54, 1.807) is 6.07 Å². The number of aliphatic hydroxyl groups is 1. The van der Waals surface area contributed by atoms with Crippen LogP contribution in [0, 0.1) is 5.92 Å². The van der Waals surface area contributed by atoms with Crippen molar-refractivity contribution in [2.75, 3.05) is 18.1 Å². The minimum atomic E-state index is -3.58. The van der Waals surface area contributed by atoms with E-state index in [0.29, 0.717) is 22.7 Å². The van der Waals surface area contributed by atoms with Gasteiger partial charge < -0.3 is 5.11 Å². The maximum atomic E-state index is 12.6. The van der Waals surface area contributed by atoms with E-state index in [1.165, 1.54) is 11.3 Å². The van der Waals surface area contributed by atoms with Crippen LogP contribution in [0.5, 0.6) is 0 Å². The third kappa shape index (κ3) is 3.12. The van der Waals surface area contributed by atoms with E-state index >= 15 is 0 Å². The Hall–Kier alpha value is -0.600. The third-order valence-corrected chi connectivity index (χ3v) is 7.68. The van der Waals surface area contributed by atoms with Gasteiger partial charge >= 0.3 is 0 Å². The van der Waals surface area contributed by atoms with Crippen LogP contribution >= 0.6 is 23.1 Å². The van der Waals surface area contributed by atoms with Gasteiger partial charge in [-0.25, -0.2) is 13.1 Å². The molecule has 3 rings (SSSR count). The van der Waals surface area contributed by atoms with Crippen LogP contribution in [0.4, 0.5) is 0 Å². The van der Waals surface area contributed by atoms with Crippen LogP contribution in [0.3, 0.4) is 0 Å². The second kappa shape index (κ2) is 6.26. The van der Waals surface area contributed by atoms with Crippen molar-refractivity contribution >= 4 is 43.2 Å². The van der Waals surface area contributed by atoms with Gasteiger partial charge in [-0.05, 0) is 29.9 Å². The predicted octanol–water partition coefficient (Wildman–Crippen LogP) is 2.43. The molecule has 0 bridgehead atoms. The summed E-state index contributed by atoms with van der Waals surface area (Å²) in [5.74, 6) is 2.53. The fourth-order valence-corrected chi connectivity index (χ4v) is 6.71. The molecule has 1 atom stereocenters. The summed E-state index contributed by atoms with van der Waals surface area (Å²) in [5.41, 5.74) is 0. The van der Waals surface area contributed by atoms with Crippen LogP contribution in [-0.4, -0.2) is 31.6 Å². The molecule has 0 radical (unpaired) electrons. The standard InChI is InChI=1S/C14H17NO3S3/c16-8-13-14(11-3-1-2-4-12(11)20-13)21(17,18)15-7-10-5-6-19-9-10/h1-4,10,15-16H,5-9H2. The zero-order valence-corrected chi connectivity index (χ0v) is 13.9. The zero-order chi connectivity index (χ0) is 14.9. The first kappa shape index (κ1) is 15.3. The lowest BCUT2D eigenvalue weighted by Crippen LogP contribution is -2.29. The molecule has 114 valence electrons. The first-order valence-electron chi connectivity index (χ1n) is 6.80. The molecule has 7 heteroatoms. The fourth-order valence-electron chi connectivity index (χ4n) is 2.52. The third-order valence-electron chi connectivity index (χ3n) is 3.62. The largest absolute Gasteiger partial charge is 0.391 e. The Morgan fingerprint density at radius 3 is 2.86 bits per heavy atom. The van der Waals surface area contributed by atoms with Crippen molar-refractivity contribution < 1.29 is 13.5 Å². The molecule has 1 unspecified atom stereocenters. The first-order valence-corrected chi connectivity index (χ1v) is 10.3. The van der Waals surface area contributed by atoms with Crippen molar-refractivity contribution in [2.45, 2.75) is 17.9 Å². The van der Waals surface area contributed by atoms with Crippen molar-refractivity contribution in [1.29, 1.82) is 0 Å². The molecule has 1 aromatic heterocycles. The molecule has 2 aromatic rings. The molecule has 1 aliphatic heterocycles. The van der Waals surface area contributed by atoms with Crippen molar-refractivity contribution in [3.63, 3.8) is 0 Å². The van der Waals surface area contributed by atoms with Gasteiger partial charge in [0.2, 0.25) is 10.0 Å². The summed E-state index contributed by atoms with van der Waals surface area (Å²) in [6.45, 7) is 0.221. The van der Waals surface area contributed by atoms with E-state index in [0.717, 1.165) is 22.6 Å². The Balaban J connectivity index is 1.93. The van der Waals surface area contributed by atoms with E-state index in [2.05, 4.69) is 4.72 Å². The molecule has 1 aliphatic rings. The normalized spacial score (nSPS) is 19.4. The smallest absolute Gasteiger partial charge is 0.242 e. The second-order valence-electron chi connectivity index (χ2n) is 5.09. The van der Waals surface area contributed by atoms with Gasteiger partial charge in [-0.15, -0.1) is 11.3 Å². The molecule has 0 amide bonds. The van der Waals surface area contributed by atoms with Crippen LogP contribution in [0.1, 0.15) is 11.3 Å². The molecule has 1 saturated heterocycles. The highest BCUT2D eigenvalue weighted by molar-refractivity contribution is 7.99. The highest BCUT2D eigenvalue weighted by Gasteiger charge is 2.25. The Bertz CT molecular complexity index is 733. The van der Waals surface area contributed by atoms with Crippen molar-refractivity contribution in [2.24, 2.45) is 5.92 Å². The number of aliphatic hydroxyl groups excluding tert-OH is 1. The van der Waals surface area contributed by atoms with Crippen LogP contribution in [-0.2, 0) is 16.6 Å². The molecular weight excluding hydrogens is 326 g/mol. The maximum Gasteiger partial charge on any atom is 0.242 e. The molecule has 4 nitrogen and oxygen atoms in total. The minimum Gasteiger partial charge on any atom is -0.391 e. The van der Waals surface area contributed by atoms with Crippen molar-refractivity contribution in [1.82, 2.24) is 4.72 Å². The van der Waals surface area contributed by atoms with Crippen molar-refractivity contribution in [3.8, 4) is 0 Å². The van der Waals surface area contributed by atoms with Crippen LogP contribution < -0.4 is 4.72 Å².